The predicted molar refractivity (Wildman–Crippen MR) is 164 cm³/mol. The third kappa shape index (κ3) is 6.75. The van der Waals surface area contributed by atoms with E-state index in [2.05, 4.69) is 25.6 Å². The third-order valence-corrected chi connectivity index (χ3v) is 8.00. The van der Waals surface area contributed by atoms with Crippen molar-refractivity contribution >= 4 is 34.8 Å². The molecule has 0 aliphatic carbocycles. The minimum absolute atomic E-state index is 0.0290. The van der Waals surface area contributed by atoms with E-state index in [1.165, 1.54) is 12.1 Å². The molecule has 230 valence electrons. The second kappa shape index (κ2) is 13.3. The Kier molecular flexibility index (Phi) is 8.87. The fourth-order valence-corrected chi connectivity index (χ4v) is 5.55. The normalized spacial score (nSPS) is 15.8. The number of hydrogen-bond acceptors (Lipinski definition) is 8. The molecule has 4 aromatic rings. The average molecular weight is 602 g/mol. The van der Waals surface area contributed by atoms with E-state index in [4.69, 9.17) is 9.47 Å². The van der Waals surface area contributed by atoms with Crippen molar-refractivity contribution in [3.63, 3.8) is 0 Å². The largest absolute Gasteiger partial charge is 0.492 e. The summed E-state index contributed by atoms with van der Waals surface area (Å²) in [6.07, 6.45) is 3.42. The van der Waals surface area contributed by atoms with Crippen molar-refractivity contribution in [3.8, 4) is 5.75 Å². The van der Waals surface area contributed by atoms with Gasteiger partial charge in [0.25, 0.3) is 5.91 Å². The van der Waals surface area contributed by atoms with Gasteiger partial charge in [-0.3, -0.25) is 9.59 Å². The molecular weight excluding hydrogens is 565 g/mol. The van der Waals surface area contributed by atoms with Crippen molar-refractivity contribution < 1.29 is 23.5 Å². The van der Waals surface area contributed by atoms with Crippen molar-refractivity contribution in [2.45, 2.75) is 26.3 Å². The molecule has 2 amide bonds. The molecule has 0 saturated carbocycles. The zero-order valence-corrected chi connectivity index (χ0v) is 24.7. The van der Waals surface area contributed by atoms with E-state index < -0.39 is 0 Å². The molecule has 0 atom stereocenters. The van der Waals surface area contributed by atoms with Crippen molar-refractivity contribution in [2.75, 3.05) is 56.2 Å². The van der Waals surface area contributed by atoms with Crippen LogP contribution in [0.1, 0.15) is 35.7 Å². The molecule has 2 saturated heterocycles. The lowest BCUT2D eigenvalue weighted by atomic mass is 9.95. The Bertz CT molecular complexity index is 1610. The second-order valence-electron chi connectivity index (χ2n) is 10.9. The molecule has 0 spiro atoms. The number of ether oxygens (including phenoxy) is 2. The number of fused-ring (bicyclic) bond motifs is 1. The summed E-state index contributed by atoms with van der Waals surface area (Å²) in [5, 5.41) is 10.9. The molecular formula is C32H36FN7O4. The maximum Gasteiger partial charge on any atom is 0.254 e. The number of anilines is 3. The highest BCUT2D eigenvalue weighted by Crippen LogP contribution is 2.30. The Morgan fingerprint density at radius 2 is 1.80 bits per heavy atom. The smallest absolute Gasteiger partial charge is 0.254 e. The summed E-state index contributed by atoms with van der Waals surface area (Å²) in [6.45, 7) is 6.44. The molecule has 2 aromatic carbocycles. The van der Waals surface area contributed by atoms with E-state index in [-0.39, 0.29) is 23.5 Å². The van der Waals surface area contributed by atoms with Crippen LogP contribution in [-0.2, 0) is 16.1 Å². The number of hydrogen-bond donors (Lipinski definition) is 2. The van der Waals surface area contributed by atoms with Gasteiger partial charge in [-0.1, -0.05) is 12.1 Å². The lowest BCUT2D eigenvalue weighted by Gasteiger charge is -2.32. The first kappa shape index (κ1) is 29.4. The lowest BCUT2D eigenvalue weighted by molar-refractivity contribution is -0.125. The Morgan fingerprint density at radius 1 is 1.02 bits per heavy atom. The standard InChI is InChI=1S/C32H36FN7O4/c1-2-44-28-19-24(31(42)39-15-17-43-18-16-39)5-9-27(28)35-32-36-29-10-8-26(21-40(29)37-32)38-13-11-23(12-14-38)30(41)34-20-22-3-6-25(33)7-4-22/h3-10,19,21,23H,2,11-18,20H2,1H3,(H,34,41)(H,35,37). The molecule has 11 nitrogen and oxygen atoms in total. The number of rotatable bonds is 9. The number of carbonyl (C=O) groups excluding carboxylic acids is 2. The summed E-state index contributed by atoms with van der Waals surface area (Å²) >= 11 is 0. The minimum atomic E-state index is -0.288. The van der Waals surface area contributed by atoms with Crippen LogP contribution in [0.2, 0.25) is 0 Å². The molecule has 12 heteroatoms. The van der Waals surface area contributed by atoms with Crippen LogP contribution in [0.3, 0.4) is 0 Å². The number of amides is 2. The fraction of sp³-hybridized carbons (Fsp3) is 0.375. The van der Waals surface area contributed by atoms with Crippen LogP contribution in [-0.4, -0.2) is 77.3 Å². The number of piperidine rings is 1. The molecule has 0 radical (unpaired) electrons. The van der Waals surface area contributed by atoms with Gasteiger partial charge in [-0.25, -0.2) is 8.91 Å². The van der Waals surface area contributed by atoms with Crippen LogP contribution in [0.15, 0.2) is 60.8 Å². The molecule has 0 bridgehead atoms. The summed E-state index contributed by atoms with van der Waals surface area (Å²) in [4.78, 5) is 34.4. The van der Waals surface area contributed by atoms with Gasteiger partial charge in [0, 0.05) is 44.2 Å². The van der Waals surface area contributed by atoms with Gasteiger partial charge < -0.3 is 29.9 Å². The quantitative estimate of drug-likeness (QED) is 0.296. The number of nitrogens with one attached hydrogen (secondary N) is 2. The zero-order valence-electron chi connectivity index (χ0n) is 24.7. The first-order chi connectivity index (χ1) is 21.5. The van der Waals surface area contributed by atoms with E-state index in [0.717, 1.165) is 37.2 Å². The number of morpholine rings is 1. The van der Waals surface area contributed by atoms with Crippen LogP contribution < -0.4 is 20.3 Å². The predicted octanol–water partition coefficient (Wildman–Crippen LogP) is 4.02. The number of benzene rings is 2. The van der Waals surface area contributed by atoms with Gasteiger partial charge >= 0.3 is 0 Å². The summed E-state index contributed by atoms with van der Waals surface area (Å²) in [5.74, 6) is 0.592. The highest BCUT2D eigenvalue weighted by Gasteiger charge is 2.25. The van der Waals surface area contributed by atoms with Crippen molar-refractivity contribution in [2.24, 2.45) is 5.92 Å². The van der Waals surface area contributed by atoms with Crippen molar-refractivity contribution in [1.82, 2.24) is 24.8 Å². The van der Waals surface area contributed by atoms with Gasteiger partial charge in [0.1, 0.15) is 11.6 Å². The van der Waals surface area contributed by atoms with E-state index >= 15 is 0 Å². The summed E-state index contributed by atoms with van der Waals surface area (Å²) < 4.78 is 26.1. The molecule has 2 aliphatic heterocycles. The Balaban J connectivity index is 1.08. The van der Waals surface area contributed by atoms with Crippen molar-refractivity contribution in [3.05, 3.63) is 77.7 Å². The zero-order chi connectivity index (χ0) is 30.5. The first-order valence-electron chi connectivity index (χ1n) is 15.0. The molecule has 2 aromatic heterocycles. The van der Waals surface area contributed by atoms with Crippen molar-refractivity contribution in [1.29, 1.82) is 0 Å². The fourth-order valence-electron chi connectivity index (χ4n) is 5.55. The monoisotopic (exact) mass is 601 g/mol. The van der Waals surface area contributed by atoms with Crippen LogP contribution in [0, 0.1) is 11.7 Å². The Labute approximate surface area is 255 Å². The average Bonchev–Trinajstić information content (AvgIpc) is 3.47. The Morgan fingerprint density at radius 3 is 2.55 bits per heavy atom. The number of nitrogens with zero attached hydrogens (tertiary/aromatic N) is 5. The van der Waals surface area contributed by atoms with Crippen LogP contribution in [0.4, 0.5) is 21.7 Å². The van der Waals surface area contributed by atoms with Gasteiger partial charge in [-0.05, 0) is 67.8 Å². The maximum absolute atomic E-state index is 13.1. The van der Waals surface area contributed by atoms with Gasteiger partial charge in [0.15, 0.2) is 5.65 Å². The number of carbonyl (C=O) groups is 2. The van der Waals surface area contributed by atoms with Crippen LogP contribution in [0.25, 0.3) is 5.65 Å². The van der Waals surface area contributed by atoms with E-state index in [0.29, 0.717) is 68.1 Å². The molecule has 44 heavy (non-hydrogen) atoms. The molecule has 2 N–H and O–H groups in total. The molecule has 6 rings (SSSR count). The number of aromatic nitrogens is 3. The highest BCUT2D eigenvalue weighted by molar-refractivity contribution is 5.95. The molecule has 4 heterocycles. The second-order valence-corrected chi connectivity index (χ2v) is 10.9. The topological polar surface area (TPSA) is 113 Å². The minimum Gasteiger partial charge on any atom is -0.492 e. The van der Waals surface area contributed by atoms with Gasteiger partial charge in [-0.15, -0.1) is 5.10 Å². The summed E-state index contributed by atoms with van der Waals surface area (Å²) in [5.41, 5.74) is 3.78. The molecule has 2 fully saturated rings. The SMILES string of the molecule is CCOc1cc(C(=O)N2CCOCC2)ccc1Nc1nc2ccc(N3CCC(C(=O)NCc4ccc(F)cc4)CC3)cn2n1. The first-order valence-corrected chi connectivity index (χ1v) is 15.0. The highest BCUT2D eigenvalue weighted by atomic mass is 19.1. The number of pyridine rings is 1. The molecule has 2 aliphatic rings. The van der Waals surface area contributed by atoms with E-state index in [9.17, 15) is 14.0 Å². The Hall–Kier alpha value is -4.71. The van der Waals surface area contributed by atoms with Crippen LogP contribution >= 0.6 is 0 Å². The third-order valence-electron chi connectivity index (χ3n) is 8.00. The van der Waals surface area contributed by atoms with Gasteiger partial charge in [0.05, 0.1) is 37.4 Å². The number of halogens is 1. The lowest BCUT2D eigenvalue weighted by Crippen LogP contribution is -2.40. The van der Waals surface area contributed by atoms with Gasteiger partial charge in [0.2, 0.25) is 11.9 Å². The van der Waals surface area contributed by atoms with E-state index in [1.807, 2.05) is 31.3 Å². The van der Waals surface area contributed by atoms with Crippen LogP contribution in [0.5, 0.6) is 5.75 Å². The summed E-state index contributed by atoms with van der Waals surface area (Å²) in [6, 6.07) is 15.5. The molecule has 0 unspecified atom stereocenters. The summed E-state index contributed by atoms with van der Waals surface area (Å²) in [7, 11) is 0. The maximum atomic E-state index is 13.1. The van der Waals surface area contributed by atoms with Gasteiger partial charge in [-0.2, -0.15) is 4.98 Å². The van der Waals surface area contributed by atoms with E-state index in [1.54, 1.807) is 33.7 Å².